The first kappa shape index (κ1) is 17.8. The molecule has 1 saturated heterocycles. The predicted octanol–water partition coefficient (Wildman–Crippen LogP) is 2.41. The predicted molar refractivity (Wildman–Crippen MR) is 99.8 cm³/mol. The Labute approximate surface area is 160 Å². The molecule has 2 aromatic carbocycles. The Morgan fingerprint density at radius 2 is 1.93 bits per heavy atom. The van der Waals surface area contributed by atoms with Gasteiger partial charge in [0.1, 0.15) is 0 Å². The number of ether oxygens (including phenoxy) is 2. The summed E-state index contributed by atoms with van der Waals surface area (Å²) in [6.45, 7) is 2.12. The number of hydrogen-bond acceptors (Lipinski definition) is 5. The molecule has 2 aliphatic rings. The fourth-order valence-electron chi connectivity index (χ4n) is 3.36. The van der Waals surface area contributed by atoms with Crippen molar-refractivity contribution >= 4 is 29.2 Å². The van der Waals surface area contributed by atoms with Gasteiger partial charge in [-0.15, -0.1) is 0 Å². The van der Waals surface area contributed by atoms with Crippen LogP contribution in [0.15, 0.2) is 36.4 Å². The van der Waals surface area contributed by atoms with Crippen molar-refractivity contribution in [3.63, 3.8) is 0 Å². The lowest BCUT2D eigenvalue weighted by Gasteiger charge is -2.17. The van der Waals surface area contributed by atoms with Gasteiger partial charge in [0.2, 0.25) is 18.6 Å². The number of benzene rings is 2. The summed E-state index contributed by atoms with van der Waals surface area (Å²) < 4.78 is 10.6. The SMILES string of the molecule is Cc1ccc(NC(=O)C2CC(=O)N(c3ccc4c(c3)OCO4)C2)c(C(=O)O)c1. The van der Waals surface area contributed by atoms with Gasteiger partial charge < -0.3 is 24.8 Å². The van der Waals surface area contributed by atoms with Crippen LogP contribution in [-0.4, -0.2) is 36.2 Å². The maximum Gasteiger partial charge on any atom is 0.337 e. The van der Waals surface area contributed by atoms with Gasteiger partial charge in [-0.25, -0.2) is 4.79 Å². The fourth-order valence-corrected chi connectivity index (χ4v) is 3.36. The summed E-state index contributed by atoms with van der Waals surface area (Å²) in [5, 5.41) is 12.0. The molecule has 2 amide bonds. The number of hydrogen-bond donors (Lipinski definition) is 2. The minimum absolute atomic E-state index is 0.0188. The Morgan fingerprint density at radius 3 is 2.71 bits per heavy atom. The van der Waals surface area contributed by atoms with E-state index in [9.17, 15) is 19.5 Å². The van der Waals surface area contributed by atoms with E-state index in [0.29, 0.717) is 17.2 Å². The van der Waals surface area contributed by atoms with E-state index in [1.54, 1.807) is 37.3 Å². The van der Waals surface area contributed by atoms with Crippen LogP contribution < -0.4 is 19.7 Å². The number of amides is 2. The average molecular weight is 382 g/mol. The molecular weight excluding hydrogens is 364 g/mol. The lowest BCUT2D eigenvalue weighted by molar-refractivity contribution is -0.122. The minimum atomic E-state index is -1.12. The van der Waals surface area contributed by atoms with E-state index in [2.05, 4.69) is 5.32 Å². The summed E-state index contributed by atoms with van der Waals surface area (Å²) in [4.78, 5) is 38.0. The van der Waals surface area contributed by atoms with E-state index >= 15 is 0 Å². The first-order valence-electron chi connectivity index (χ1n) is 8.77. The molecule has 0 aromatic heterocycles. The number of carboxylic acids is 1. The van der Waals surface area contributed by atoms with Crippen molar-refractivity contribution in [2.24, 2.45) is 5.92 Å². The van der Waals surface area contributed by atoms with Gasteiger partial charge in [-0.1, -0.05) is 11.6 Å². The molecule has 0 bridgehead atoms. The van der Waals surface area contributed by atoms with Gasteiger partial charge in [-0.2, -0.15) is 0 Å². The molecule has 8 nitrogen and oxygen atoms in total. The maximum absolute atomic E-state index is 12.7. The maximum atomic E-state index is 12.7. The highest BCUT2D eigenvalue weighted by Gasteiger charge is 2.36. The van der Waals surface area contributed by atoms with Gasteiger partial charge in [-0.3, -0.25) is 9.59 Å². The number of nitrogens with one attached hydrogen (secondary N) is 1. The zero-order valence-electron chi connectivity index (χ0n) is 15.1. The second-order valence-corrected chi connectivity index (χ2v) is 6.79. The molecular formula is C20H18N2O6. The van der Waals surface area contributed by atoms with E-state index in [1.165, 1.54) is 11.0 Å². The van der Waals surface area contributed by atoms with Crippen LogP contribution in [0.25, 0.3) is 0 Å². The Kier molecular flexibility index (Phi) is 4.38. The second kappa shape index (κ2) is 6.88. The van der Waals surface area contributed by atoms with E-state index in [-0.39, 0.29) is 42.8 Å². The van der Waals surface area contributed by atoms with E-state index in [4.69, 9.17) is 9.47 Å². The lowest BCUT2D eigenvalue weighted by atomic mass is 10.1. The summed E-state index contributed by atoms with van der Waals surface area (Å²) in [5.74, 6) is -1.09. The topological polar surface area (TPSA) is 105 Å². The van der Waals surface area contributed by atoms with Gasteiger partial charge in [0.25, 0.3) is 0 Å². The number of anilines is 2. The van der Waals surface area contributed by atoms with E-state index in [0.717, 1.165) is 5.56 Å². The summed E-state index contributed by atoms with van der Waals surface area (Å²) in [7, 11) is 0. The summed E-state index contributed by atoms with van der Waals surface area (Å²) in [6, 6.07) is 9.96. The third kappa shape index (κ3) is 3.24. The summed E-state index contributed by atoms with van der Waals surface area (Å²) >= 11 is 0. The first-order valence-corrected chi connectivity index (χ1v) is 8.77. The van der Waals surface area contributed by atoms with Crippen molar-refractivity contribution in [2.45, 2.75) is 13.3 Å². The molecule has 28 heavy (non-hydrogen) atoms. The molecule has 4 rings (SSSR count). The van der Waals surface area contributed by atoms with Crippen molar-refractivity contribution in [3.8, 4) is 11.5 Å². The molecule has 2 N–H and O–H groups in total. The number of aromatic carboxylic acids is 1. The Morgan fingerprint density at radius 1 is 1.14 bits per heavy atom. The molecule has 0 radical (unpaired) electrons. The van der Waals surface area contributed by atoms with Crippen LogP contribution in [0.3, 0.4) is 0 Å². The highest BCUT2D eigenvalue weighted by molar-refractivity contribution is 6.06. The van der Waals surface area contributed by atoms with Gasteiger partial charge in [0.05, 0.1) is 17.2 Å². The van der Waals surface area contributed by atoms with Crippen LogP contribution in [0.1, 0.15) is 22.3 Å². The van der Waals surface area contributed by atoms with Crippen LogP contribution in [0, 0.1) is 12.8 Å². The van der Waals surface area contributed by atoms with Gasteiger partial charge in [-0.05, 0) is 31.2 Å². The van der Waals surface area contributed by atoms with Gasteiger partial charge in [0, 0.05) is 24.7 Å². The van der Waals surface area contributed by atoms with Gasteiger partial charge in [0.15, 0.2) is 11.5 Å². The zero-order chi connectivity index (χ0) is 19.8. The molecule has 1 fully saturated rings. The van der Waals surface area contributed by atoms with Crippen LogP contribution in [-0.2, 0) is 9.59 Å². The number of carboxylic acid groups (broad SMARTS) is 1. The summed E-state index contributed by atoms with van der Waals surface area (Å²) in [5.41, 5.74) is 1.65. The van der Waals surface area contributed by atoms with Crippen LogP contribution in [0.5, 0.6) is 11.5 Å². The molecule has 1 atom stereocenters. The van der Waals surface area contributed by atoms with Crippen molar-refractivity contribution in [1.82, 2.24) is 0 Å². The van der Waals surface area contributed by atoms with Crippen LogP contribution >= 0.6 is 0 Å². The Bertz CT molecular complexity index is 987. The van der Waals surface area contributed by atoms with Crippen molar-refractivity contribution in [2.75, 3.05) is 23.6 Å². The normalized spacial score (nSPS) is 17.7. The Balaban J connectivity index is 1.50. The molecule has 0 aliphatic carbocycles. The second-order valence-electron chi connectivity index (χ2n) is 6.79. The molecule has 2 aromatic rings. The molecule has 2 heterocycles. The zero-order valence-corrected chi connectivity index (χ0v) is 15.1. The van der Waals surface area contributed by atoms with Crippen LogP contribution in [0.2, 0.25) is 0 Å². The average Bonchev–Trinajstić information content (AvgIpc) is 3.28. The minimum Gasteiger partial charge on any atom is -0.478 e. The number of carbonyl (C=O) groups is 3. The number of fused-ring (bicyclic) bond motifs is 1. The molecule has 2 aliphatic heterocycles. The molecule has 0 spiro atoms. The van der Waals surface area contributed by atoms with E-state index < -0.39 is 11.9 Å². The monoisotopic (exact) mass is 382 g/mol. The highest BCUT2D eigenvalue weighted by Crippen LogP contribution is 2.37. The van der Waals surface area contributed by atoms with E-state index in [1.807, 2.05) is 0 Å². The Hall–Kier alpha value is -3.55. The van der Waals surface area contributed by atoms with Crippen molar-refractivity contribution < 1.29 is 29.0 Å². The lowest BCUT2D eigenvalue weighted by Crippen LogP contribution is -2.28. The number of carbonyl (C=O) groups excluding carboxylic acids is 2. The highest BCUT2D eigenvalue weighted by atomic mass is 16.7. The number of nitrogens with zero attached hydrogens (tertiary/aromatic N) is 1. The third-order valence-electron chi connectivity index (χ3n) is 4.83. The molecule has 0 saturated carbocycles. The molecule has 1 unspecified atom stereocenters. The third-order valence-corrected chi connectivity index (χ3v) is 4.83. The standard InChI is InChI=1S/C20H18N2O6/c1-11-2-4-15(14(6-11)20(25)26)21-19(24)12-7-18(23)22(9-12)13-3-5-16-17(8-13)28-10-27-16/h2-6,8,12H,7,9-10H2,1H3,(H,21,24)(H,25,26). The van der Waals surface area contributed by atoms with Crippen LogP contribution in [0.4, 0.5) is 11.4 Å². The quantitative estimate of drug-likeness (QED) is 0.841. The smallest absolute Gasteiger partial charge is 0.337 e. The molecule has 8 heteroatoms. The van der Waals surface area contributed by atoms with Crippen molar-refractivity contribution in [3.05, 3.63) is 47.5 Å². The number of rotatable bonds is 4. The molecule has 144 valence electrons. The fraction of sp³-hybridized carbons (Fsp3) is 0.250. The summed E-state index contributed by atoms with van der Waals surface area (Å²) in [6.07, 6.45) is 0.0501. The first-order chi connectivity index (χ1) is 13.4. The largest absolute Gasteiger partial charge is 0.478 e. The number of aryl methyl sites for hydroxylation is 1. The van der Waals surface area contributed by atoms with Gasteiger partial charge >= 0.3 is 5.97 Å². The van der Waals surface area contributed by atoms with Crippen molar-refractivity contribution in [1.29, 1.82) is 0 Å².